The fraction of sp³-hybridized carbons (Fsp3) is 0.133. The number of anilines is 1. The monoisotopic (exact) mass is 314 g/mol. The Morgan fingerprint density at radius 1 is 1.18 bits per heavy atom. The molecule has 1 aliphatic heterocycles. The van der Waals surface area contributed by atoms with E-state index in [1.807, 2.05) is 36.4 Å². The molecule has 0 radical (unpaired) electrons. The van der Waals surface area contributed by atoms with Gasteiger partial charge in [-0.05, 0) is 36.5 Å². The molecule has 0 bridgehead atoms. The predicted molar refractivity (Wildman–Crippen MR) is 88.6 cm³/mol. The van der Waals surface area contributed by atoms with Crippen LogP contribution in [0.5, 0.6) is 11.5 Å². The molecule has 0 fully saturated rings. The molecule has 6 nitrogen and oxygen atoms in total. The fourth-order valence-corrected chi connectivity index (χ4v) is 2.06. The van der Waals surface area contributed by atoms with Crippen molar-refractivity contribution in [1.82, 2.24) is 10.4 Å². The lowest BCUT2D eigenvalue weighted by Gasteiger charge is -2.19. The summed E-state index contributed by atoms with van der Waals surface area (Å²) in [6.45, 7) is 1.12. The third-order valence-corrected chi connectivity index (χ3v) is 3.04. The van der Waals surface area contributed by atoms with E-state index < -0.39 is 0 Å². The van der Waals surface area contributed by atoms with Gasteiger partial charge in [0.25, 0.3) is 0 Å². The van der Waals surface area contributed by atoms with E-state index >= 15 is 0 Å². The maximum absolute atomic E-state index is 5.52. The van der Waals surface area contributed by atoms with Gasteiger partial charge in [0.1, 0.15) is 13.2 Å². The molecule has 0 saturated heterocycles. The standard InChI is InChI=1S/C15H14N4O2S/c22-15(19-17-10-12-3-1-2-6-16-12)18-11-4-5-13-14(9-11)21-8-7-20-13/h1-6,9-10H,7-8H2,(H2,18,19,22)/b17-10+. The molecule has 7 heteroatoms. The Bertz CT molecular complexity index is 691. The Balaban J connectivity index is 1.56. The number of thiocarbonyl (C=S) groups is 1. The van der Waals surface area contributed by atoms with Crippen molar-refractivity contribution >= 4 is 29.2 Å². The van der Waals surface area contributed by atoms with Gasteiger partial charge in [-0.15, -0.1) is 0 Å². The summed E-state index contributed by atoms with van der Waals surface area (Å²) in [6.07, 6.45) is 3.30. The average Bonchev–Trinajstić information content (AvgIpc) is 2.56. The second kappa shape index (κ2) is 6.86. The van der Waals surface area contributed by atoms with Crippen LogP contribution >= 0.6 is 12.2 Å². The molecule has 0 saturated carbocycles. The summed E-state index contributed by atoms with van der Waals surface area (Å²) in [5.74, 6) is 1.44. The van der Waals surface area contributed by atoms with Crippen LogP contribution in [0.25, 0.3) is 0 Å². The zero-order valence-corrected chi connectivity index (χ0v) is 12.5. The largest absolute Gasteiger partial charge is 0.486 e. The molecule has 0 atom stereocenters. The molecule has 2 aromatic rings. The number of hydrogen-bond donors (Lipinski definition) is 2. The Morgan fingerprint density at radius 3 is 2.86 bits per heavy atom. The molecule has 112 valence electrons. The molecule has 2 N–H and O–H groups in total. The van der Waals surface area contributed by atoms with E-state index in [0.29, 0.717) is 24.1 Å². The Hall–Kier alpha value is -2.67. The Kier molecular flexibility index (Phi) is 4.45. The van der Waals surface area contributed by atoms with Crippen LogP contribution in [0.1, 0.15) is 5.69 Å². The van der Waals surface area contributed by atoms with Crippen molar-refractivity contribution in [2.24, 2.45) is 5.10 Å². The van der Waals surface area contributed by atoms with Crippen molar-refractivity contribution in [1.29, 1.82) is 0 Å². The molecule has 0 aliphatic carbocycles. The van der Waals surface area contributed by atoms with E-state index in [0.717, 1.165) is 17.1 Å². The smallest absolute Gasteiger partial charge is 0.191 e. The van der Waals surface area contributed by atoms with Crippen LogP contribution in [-0.2, 0) is 0 Å². The predicted octanol–water partition coefficient (Wildman–Crippen LogP) is 2.17. The number of fused-ring (bicyclic) bond motifs is 1. The first-order valence-corrected chi connectivity index (χ1v) is 7.13. The van der Waals surface area contributed by atoms with Gasteiger partial charge < -0.3 is 14.8 Å². The van der Waals surface area contributed by atoms with Gasteiger partial charge in [-0.1, -0.05) is 6.07 Å². The Morgan fingerprint density at radius 2 is 2.05 bits per heavy atom. The number of benzene rings is 1. The number of rotatable bonds is 3. The summed E-state index contributed by atoms with van der Waals surface area (Å²) in [6, 6.07) is 11.1. The molecule has 0 unspecified atom stereocenters. The van der Waals surface area contributed by atoms with E-state index in [1.165, 1.54) is 0 Å². The minimum absolute atomic E-state index is 0.379. The maximum atomic E-state index is 5.52. The SMILES string of the molecule is S=C(N/N=C/c1ccccn1)Nc1ccc2c(c1)OCCO2. The number of nitrogens with one attached hydrogen (secondary N) is 2. The third-order valence-electron chi connectivity index (χ3n) is 2.85. The zero-order chi connectivity index (χ0) is 15.2. The maximum Gasteiger partial charge on any atom is 0.191 e. The van der Waals surface area contributed by atoms with E-state index in [2.05, 4.69) is 20.8 Å². The number of aromatic nitrogens is 1. The molecule has 3 rings (SSSR count). The first kappa shape index (κ1) is 14.3. The highest BCUT2D eigenvalue weighted by atomic mass is 32.1. The van der Waals surface area contributed by atoms with Crippen molar-refractivity contribution in [3.8, 4) is 11.5 Å². The molecule has 1 aliphatic rings. The van der Waals surface area contributed by atoms with Gasteiger partial charge in [-0.25, -0.2) is 0 Å². The van der Waals surface area contributed by atoms with Crippen LogP contribution in [0.15, 0.2) is 47.7 Å². The first-order valence-electron chi connectivity index (χ1n) is 6.72. The highest BCUT2D eigenvalue weighted by Crippen LogP contribution is 2.32. The summed E-state index contributed by atoms with van der Waals surface area (Å²) in [7, 11) is 0. The normalized spacial score (nSPS) is 12.9. The van der Waals surface area contributed by atoms with E-state index in [-0.39, 0.29) is 0 Å². The van der Waals surface area contributed by atoms with E-state index in [1.54, 1.807) is 12.4 Å². The molecule has 1 aromatic heterocycles. The van der Waals surface area contributed by atoms with Crippen LogP contribution in [0.2, 0.25) is 0 Å². The van der Waals surface area contributed by atoms with E-state index in [4.69, 9.17) is 21.7 Å². The van der Waals surface area contributed by atoms with Crippen LogP contribution in [0.4, 0.5) is 5.69 Å². The summed E-state index contributed by atoms with van der Waals surface area (Å²) in [5, 5.41) is 7.44. The molecule has 0 amide bonds. The van der Waals surface area contributed by atoms with Crippen molar-refractivity contribution in [2.75, 3.05) is 18.5 Å². The van der Waals surface area contributed by atoms with Gasteiger partial charge >= 0.3 is 0 Å². The van der Waals surface area contributed by atoms with Gasteiger partial charge in [0.2, 0.25) is 0 Å². The zero-order valence-electron chi connectivity index (χ0n) is 11.7. The van der Waals surface area contributed by atoms with Gasteiger partial charge in [-0.3, -0.25) is 10.4 Å². The number of hydrogen-bond acceptors (Lipinski definition) is 5. The van der Waals surface area contributed by atoms with Gasteiger partial charge in [0, 0.05) is 18.0 Å². The van der Waals surface area contributed by atoms with Gasteiger partial charge in [-0.2, -0.15) is 5.10 Å². The van der Waals surface area contributed by atoms with Gasteiger partial charge in [0.05, 0.1) is 11.9 Å². The van der Waals surface area contributed by atoms with Crippen LogP contribution in [-0.4, -0.2) is 29.5 Å². The van der Waals surface area contributed by atoms with Crippen molar-refractivity contribution in [3.05, 3.63) is 48.3 Å². The number of nitrogens with zero attached hydrogens (tertiary/aromatic N) is 2. The lowest BCUT2D eigenvalue weighted by atomic mass is 10.2. The Labute approximate surface area is 133 Å². The minimum Gasteiger partial charge on any atom is -0.486 e. The number of hydrazone groups is 1. The second-order valence-corrected chi connectivity index (χ2v) is 4.85. The average molecular weight is 314 g/mol. The highest BCUT2D eigenvalue weighted by molar-refractivity contribution is 7.80. The number of pyridine rings is 1. The summed E-state index contributed by atoms with van der Waals surface area (Å²) in [5.41, 5.74) is 4.29. The van der Waals surface area contributed by atoms with Crippen molar-refractivity contribution < 1.29 is 9.47 Å². The summed E-state index contributed by atoms with van der Waals surface area (Å²) in [4.78, 5) is 4.12. The summed E-state index contributed by atoms with van der Waals surface area (Å²) < 4.78 is 11.0. The lowest BCUT2D eigenvalue weighted by Crippen LogP contribution is -2.24. The molecular formula is C15H14N4O2S. The van der Waals surface area contributed by atoms with E-state index in [9.17, 15) is 0 Å². The van der Waals surface area contributed by atoms with Crippen molar-refractivity contribution in [3.63, 3.8) is 0 Å². The highest BCUT2D eigenvalue weighted by Gasteiger charge is 2.11. The minimum atomic E-state index is 0.379. The summed E-state index contributed by atoms with van der Waals surface area (Å²) >= 11 is 5.18. The molecule has 0 spiro atoms. The topological polar surface area (TPSA) is 67.8 Å². The first-order chi connectivity index (χ1) is 10.8. The molecule has 1 aromatic carbocycles. The fourth-order valence-electron chi connectivity index (χ4n) is 1.89. The quantitative estimate of drug-likeness (QED) is 0.514. The number of ether oxygens (including phenoxy) is 2. The second-order valence-electron chi connectivity index (χ2n) is 4.44. The van der Waals surface area contributed by atoms with Crippen LogP contribution in [0, 0.1) is 0 Å². The lowest BCUT2D eigenvalue weighted by molar-refractivity contribution is 0.171. The van der Waals surface area contributed by atoms with Crippen molar-refractivity contribution in [2.45, 2.75) is 0 Å². The molecule has 2 heterocycles. The van der Waals surface area contributed by atoms with Gasteiger partial charge in [0.15, 0.2) is 16.6 Å². The van der Waals surface area contributed by atoms with Crippen LogP contribution < -0.4 is 20.2 Å². The third kappa shape index (κ3) is 3.70. The molecule has 22 heavy (non-hydrogen) atoms. The van der Waals surface area contributed by atoms with Crippen LogP contribution in [0.3, 0.4) is 0 Å². The molecular weight excluding hydrogens is 300 g/mol.